The van der Waals surface area contributed by atoms with Gasteiger partial charge in [0.05, 0.1) is 5.41 Å². The standard InChI is InChI=1S/C16H15NO3/c1-16(10-18,9-13-4-2-3-7-17-13)12-5-6-14-15(8-12)20-11-19-14/h2-8,10H,9,11H2,1H3. The Hall–Kier alpha value is -2.36. The van der Waals surface area contributed by atoms with Gasteiger partial charge in [-0.15, -0.1) is 0 Å². The summed E-state index contributed by atoms with van der Waals surface area (Å²) in [5, 5.41) is 0. The number of pyridine rings is 1. The molecule has 1 aliphatic rings. The Kier molecular flexibility index (Phi) is 3.14. The SMILES string of the molecule is CC(C=O)(Cc1ccccn1)c1ccc2c(c1)OCO2. The first kappa shape index (κ1) is 12.7. The lowest BCUT2D eigenvalue weighted by Crippen LogP contribution is -2.27. The molecule has 0 saturated heterocycles. The van der Waals surface area contributed by atoms with Crippen molar-refractivity contribution in [1.82, 2.24) is 4.98 Å². The van der Waals surface area contributed by atoms with Crippen LogP contribution in [0.15, 0.2) is 42.6 Å². The average Bonchev–Trinajstić information content (AvgIpc) is 2.95. The Balaban J connectivity index is 1.94. The molecule has 4 nitrogen and oxygen atoms in total. The van der Waals surface area contributed by atoms with Crippen LogP contribution < -0.4 is 9.47 Å². The zero-order chi connectivity index (χ0) is 14.0. The van der Waals surface area contributed by atoms with Crippen LogP contribution >= 0.6 is 0 Å². The van der Waals surface area contributed by atoms with Crippen molar-refractivity contribution in [1.29, 1.82) is 0 Å². The lowest BCUT2D eigenvalue weighted by atomic mass is 9.79. The fraction of sp³-hybridized carbons (Fsp3) is 0.250. The minimum absolute atomic E-state index is 0.233. The molecule has 2 heterocycles. The number of benzene rings is 1. The lowest BCUT2D eigenvalue weighted by Gasteiger charge is -2.23. The number of carbonyl (C=O) groups is 1. The van der Waals surface area contributed by atoms with Crippen molar-refractivity contribution < 1.29 is 14.3 Å². The molecule has 2 aromatic rings. The van der Waals surface area contributed by atoms with Gasteiger partial charge in [-0.3, -0.25) is 4.98 Å². The summed E-state index contributed by atoms with van der Waals surface area (Å²) in [4.78, 5) is 15.9. The van der Waals surface area contributed by atoms with E-state index >= 15 is 0 Å². The third kappa shape index (κ3) is 2.25. The van der Waals surface area contributed by atoms with Crippen molar-refractivity contribution in [2.45, 2.75) is 18.8 Å². The number of hydrogen-bond acceptors (Lipinski definition) is 4. The van der Waals surface area contributed by atoms with Crippen molar-refractivity contribution in [3.8, 4) is 11.5 Å². The lowest BCUT2D eigenvalue weighted by molar-refractivity contribution is -0.112. The third-order valence-corrected chi connectivity index (χ3v) is 3.57. The molecule has 1 aromatic carbocycles. The van der Waals surface area contributed by atoms with Crippen LogP contribution in [0.4, 0.5) is 0 Å². The summed E-state index contributed by atoms with van der Waals surface area (Å²) < 4.78 is 10.7. The normalized spacial score (nSPS) is 15.7. The van der Waals surface area contributed by atoms with Crippen molar-refractivity contribution in [2.24, 2.45) is 0 Å². The molecule has 0 amide bonds. The molecule has 3 rings (SSSR count). The molecule has 4 heteroatoms. The molecule has 1 unspecified atom stereocenters. The zero-order valence-corrected chi connectivity index (χ0v) is 11.2. The van der Waals surface area contributed by atoms with Gasteiger partial charge in [0.2, 0.25) is 6.79 Å². The number of carbonyl (C=O) groups excluding carboxylic acids is 1. The number of aldehydes is 1. The van der Waals surface area contributed by atoms with E-state index in [0.717, 1.165) is 23.3 Å². The Morgan fingerprint density at radius 3 is 2.85 bits per heavy atom. The van der Waals surface area contributed by atoms with Gasteiger partial charge in [0.25, 0.3) is 0 Å². The van der Waals surface area contributed by atoms with E-state index in [9.17, 15) is 4.79 Å². The summed E-state index contributed by atoms with van der Waals surface area (Å²) in [6.07, 6.45) is 3.26. The number of hydrogen-bond donors (Lipinski definition) is 0. The Labute approximate surface area is 117 Å². The zero-order valence-electron chi connectivity index (χ0n) is 11.2. The highest BCUT2D eigenvalue weighted by Gasteiger charge is 2.29. The number of fused-ring (bicyclic) bond motifs is 1. The minimum atomic E-state index is -0.630. The molecular weight excluding hydrogens is 254 g/mol. The Morgan fingerprint density at radius 2 is 2.10 bits per heavy atom. The summed E-state index contributed by atoms with van der Waals surface area (Å²) in [6, 6.07) is 11.3. The van der Waals surface area contributed by atoms with Crippen LogP contribution in [0.25, 0.3) is 0 Å². The van der Waals surface area contributed by atoms with Crippen LogP contribution in [0.5, 0.6) is 11.5 Å². The highest BCUT2D eigenvalue weighted by Crippen LogP contribution is 2.36. The van der Waals surface area contributed by atoms with Crippen LogP contribution in [-0.4, -0.2) is 18.1 Å². The molecule has 0 bridgehead atoms. The molecule has 20 heavy (non-hydrogen) atoms. The van der Waals surface area contributed by atoms with Crippen LogP contribution in [0, 0.1) is 0 Å². The molecule has 0 fully saturated rings. The number of ether oxygens (including phenoxy) is 2. The van der Waals surface area contributed by atoms with Crippen LogP contribution in [0.1, 0.15) is 18.2 Å². The summed E-state index contributed by atoms with van der Waals surface area (Å²) in [6.45, 7) is 2.14. The van der Waals surface area contributed by atoms with Crippen molar-refractivity contribution in [3.63, 3.8) is 0 Å². The molecule has 0 aliphatic carbocycles. The summed E-state index contributed by atoms with van der Waals surface area (Å²) in [7, 11) is 0. The summed E-state index contributed by atoms with van der Waals surface area (Å²) in [5.74, 6) is 1.41. The van der Waals surface area contributed by atoms with E-state index in [1.54, 1.807) is 6.20 Å². The van der Waals surface area contributed by atoms with Gasteiger partial charge < -0.3 is 14.3 Å². The van der Waals surface area contributed by atoms with Gasteiger partial charge in [-0.1, -0.05) is 12.1 Å². The van der Waals surface area contributed by atoms with Gasteiger partial charge in [0.15, 0.2) is 11.5 Å². The van der Waals surface area contributed by atoms with E-state index in [2.05, 4.69) is 4.98 Å². The van der Waals surface area contributed by atoms with E-state index in [-0.39, 0.29) is 6.79 Å². The average molecular weight is 269 g/mol. The maximum Gasteiger partial charge on any atom is 0.231 e. The molecule has 0 N–H and O–H groups in total. The number of aromatic nitrogens is 1. The smallest absolute Gasteiger partial charge is 0.231 e. The molecule has 102 valence electrons. The maximum atomic E-state index is 11.6. The molecule has 0 radical (unpaired) electrons. The first-order chi connectivity index (χ1) is 9.71. The summed E-state index contributed by atoms with van der Waals surface area (Å²) in [5.41, 5.74) is 1.16. The van der Waals surface area contributed by atoms with Crippen LogP contribution in [0.2, 0.25) is 0 Å². The second-order valence-corrected chi connectivity index (χ2v) is 5.10. The van der Waals surface area contributed by atoms with E-state index in [0.29, 0.717) is 12.2 Å². The molecule has 0 saturated carbocycles. The third-order valence-electron chi connectivity index (χ3n) is 3.57. The van der Waals surface area contributed by atoms with Gasteiger partial charge in [-0.2, -0.15) is 0 Å². The predicted octanol–water partition coefficient (Wildman–Crippen LogP) is 2.51. The minimum Gasteiger partial charge on any atom is -0.454 e. The molecule has 0 spiro atoms. The van der Waals surface area contributed by atoms with Gasteiger partial charge in [-0.25, -0.2) is 0 Å². The maximum absolute atomic E-state index is 11.6. The largest absolute Gasteiger partial charge is 0.454 e. The highest BCUT2D eigenvalue weighted by atomic mass is 16.7. The number of nitrogens with zero attached hydrogens (tertiary/aromatic N) is 1. The summed E-state index contributed by atoms with van der Waals surface area (Å²) >= 11 is 0. The highest BCUT2D eigenvalue weighted by molar-refractivity contribution is 5.69. The quantitative estimate of drug-likeness (QED) is 0.800. The number of rotatable bonds is 4. The fourth-order valence-corrected chi connectivity index (χ4v) is 2.34. The van der Waals surface area contributed by atoms with Crippen LogP contribution in [0.3, 0.4) is 0 Å². The second-order valence-electron chi connectivity index (χ2n) is 5.10. The molecule has 1 aromatic heterocycles. The topological polar surface area (TPSA) is 48.4 Å². The Morgan fingerprint density at radius 1 is 1.25 bits per heavy atom. The first-order valence-electron chi connectivity index (χ1n) is 6.48. The van der Waals surface area contributed by atoms with Gasteiger partial charge in [0.1, 0.15) is 6.29 Å². The first-order valence-corrected chi connectivity index (χ1v) is 6.48. The van der Waals surface area contributed by atoms with Crippen molar-refractivity contribution in [2.75, 3.05) is 6.79 Å². The van der Waals surface area contributed by atoms with Crippen molar-refractivity contribution >= 4 is 6.29 Å². The van der Waals surface area contributed by atoms with E-state index < -0.39 is 5.41 Å². The van der Waals surface area contributed by atoms with E-state index in [1.807, 2.05) is 43.3 Å². The van der Waals surface area contributed by atoms with Crippen LogP contribution in [-0.2, 0) is 16.6 Å². The molecule has 1 aliphatic heterocycles. The van der Waals surface area contributed by atoms with Gasteiger partial charge in [0, 0.05) is 18.3 Å². The van der Waals surface area contributed by atoms with Gasteiger partial charge >= 0.3 is 0 Å². The fourth-order valence-electron chi connectivity index (χ4n) is 2.34. The molecule has 1 atom stereocenters. The second kappa shape index (κ2) is 4.96. The predicted molar refractivity (Wildman–Crippen MR) is 73.9 cm³/mol. The van der Waals surface area contributed by atoms with Gasteiger partial charge in [-0.05, 0) is 36.8 Å². The monoisotopic (exact) mass is 269 g/mol. The molecular formula is C16H15NO3. The van der Waals surface area contributed by atoms with E-state index in [4.69, 9.17) is 9.47 Å². The van der Waals surface area contributed by atoms with Crippen molar-refractivity contribution in [3.05, 3.63) is 53.9 Å². The Bertz CT molecular complexity index is 627. The van der Waals surface area contributed by atoms with E-state index in [1.165, 1.54) is 0 Å².